The SMILES string of the molecule is COc1ccc(OC(C)(C)C(=O)N[C@H]2C[C@H]3CC[C@@H](C2)N3c2ccc(S(C)(=O)=O)cn2)c(Cl)c1. The van der Waals surface area contributed by atoms with Crippen LogP contribution in [-0.2, 0) is 14.6 Å². The van der Waals surface area contributed by atoms with E-state index >= 15 is 0 Å². The van der Waals surface area contributed by atoms with E-state index in [0.29, 0.717) is 16.5 Å². The van der Waals surface area contributed by atoms with Crippen molar-refractivity contribution >= 4 is 33.2 Å². The van der Waals surface area contributed by atoms with Crippen molar-refractivity contribution in [1.29, 1.82) is 0 Å². The molecular weight excluding hydrogens is 478 g/mol. The van der Waals surface area contributed by atoms with Crippen molar-refractivity contribution in [2.24, 2.45) is 0 Å². The summed E-state index contributed by atoms with van der Waals surface area (Å²) < 4.78 is 34.6. The molecule has 34 heavy (non-hydrogen) atoms. The summed E-state index contributed by atoms with van der Waals surface area (Å²) in [6, 6.07) is 8.95. The molecular formula is C24H30ClN3O5S. The Hall–Kier alpha value is -2.52. The lowest BCUT2D eigenvalue weighted by atomic mass is 9.96. The number of pyridine rings is 1. The maximum atomic E-state index is 13.1. The predicted octanol–water partition coefficient (Wildman–Crippen LogP) is 3.62. The summed E-state index contributed by atoms with van der Waals surface area (Å²) in [7, 11) is -1.72. The number of carbonyl (C=O) groups excluding carboxylic acids is 1. The minimum Gasteiger partial charge on any atom is -0.497 e. The van der Waals surface area contributed by atoms with Crippen LogP contribution in [0.25, 0.3) is 0 Å². The second-order valence-electron chi connectivity index (χ2n) is 9.47. The van der Waals surface area contributed by atoms with Crippen molar-refractivity contribution in [3.05, 3.63) is 41.6 Å². The van der Waals surface area contributed by atoms with Crippen LogP contribution in [0.3, 0.4) is 0 Å². The summed E-state index contributed by atoms with van der Waals surface area (Å²) in [5.41, 5.74) is -1.11. The highest BCUT2D eigenvalue weighted by Crippen LogP contribution is 2.39. The summed E-state index contributed by atoms with van der Waals surface area (Å²) in [6.45, 7) is 3.44. The van der Waals surface area contributed by atoms with Crippen molar-refractivity contribution in [2.45, 2.75) is 68.2 Å². The Labute approximate surface area is 205 Å². The van der Waals surface area contributed by atoms with Crippen LogP contribution in [0, 0.1) is 0 Å². The standard InChI is InChI=1S/C24H30ClN3O5S/c1-24(2,33-21-9-7-18(32-3)13-20(21)25)23(29)27-15-11-16-5-6-17(12-15)28(16)22-10-8-19(14-26-22)34(4,30)31/h7-10,13-17H,5-6,11-12H2,1-4H3,(H,27,29)/t15-,16+,17-. The third kappa shape index (κ3) is 5.10. The molecule has 1 aromatic heterocycles. The number of sulfone groups is 1. The first-order valence-corrected chi connectivity index (χ1v) is 13.5. The number of halogens is 1. The van der Waals surface area contributed by atoms with E-state index in [4.69, 9.17) is 21.1 Å². The van der Waals surface area contributed by atoms with Crippen LogP contribution in [0.5, 0.6) is 11.5 Å². The molecule has 10 heteroatoms. The van der Waals surface area contributed by atoms with Crippen molar-refractivity contribution < 1.29 is 22.7 Å². The van der Waals surface area contributed by atoms with E-state index in [0.717, 1.165) is 31.5 Å². The van der Waals surface area contributed by atoms with Gasteiger partial charge in [-0.25, -0.2) is 13.4 Å². The maximum Gasteiger partial charge on any atom is 0.263 e. The fourth-order valence-corrected chi connectivity index (χ4v) is 5.55. The van der Waals surface area contributed by atoms with Crippen molar-refractivity contribution in [2.75, 3.05) is 18.3 Å². The van der Waals surface area contributed by atoms with Gasteiger partial charge in [0.15, 0.2) is 15.4 Å². The Morgan fingerprint density at radius 1 is 1.18 bits per heavy atom. The van der Waals surface area contributed by atoms with Gasteiger partial charge in [-0.15, -0.1) is 0 Å². The molecule has 2 aliphatic heterocycles. The van der Waals surface area contributed by atoms with Gasteiger partial charge in [0.25, 0.3) is 5.91 Å². The smallest absolute Gasteiger partial charge is 0.263 e. The summed E-state index contributed by atoms with van der Waals surface area (Å²) in [5, 5.41) is 3.54. The minimum atomic E-state index is -3.28. The van der Waals surface area contributed by atoms with E-state index in [1.807, 2.05) is 0 Å². The molecule has 8 nitrogen and oxygen atoms in total. The number of carbonyl (C=O) groups is 1. The van der Waals surface area contributed by atoms with Gasteiger partial charge in [-0.3, -0.25) is 4.79 Å². The van der Waals surface area contributed by atoms with Crippen LogP contribution >= 0.6 is 11.6 Å². The number of rotatable bonds is 7. The Morgan fingerprint density at radius 2 is 1.85 bits per heavy atom. The van der Waals surface area contributed by atoms with Gasteiger partial charge in [-0.05, 0) is 63.8 Å². The fraction of sp³-hybridized carbons (Fsp3) is 0.500. The Balaban J connectivity index is 1.40. The third-order valence-electron chi connectivity index (χ3n) is 6.53. The van der Waals surface area contributed by atoms with Gasteiger partial charge < -0.3 is 19.7 Å². The van der Waals surface area contributed by atoms with Crippen molar-refractivity contribution in [1.82, 2.24) is 10.3 Å². The number of amides is 1. The lowest BCUT2D eigenvalue weighted by molar-refractivity contribution is -0.135. The summed E-state index contributed by atoms with van der Waals surface area (Å²) >= 11 is 6.28. The molecule has 2 aromatic rings. The van der Waals surface area contributed by atoms with Crippen LogP contribution in [0.1, 0.15) is 39.5 Å². The highest BCUT2D eigenvalue weighted by atomic mass is 35.5. The van der Waals surface area contributed by atoms with E-state index in [1.165, 1.54) is 12.5 Å². The first-order chi connectivity index (χ1) is 16.0. The Kier molecular flexibility index (Phi) is 6.70. The number of methoxy groups -OCH3 is 1. The molecule has 2 aliphatic rings. The van der Waals surface area contributed by atoms with Gasteiger partial charge in [-0.2, -0.15) is 0 Å². The number of hydrogen-bond acceptors (Lipinski definition) is 7. The molecule has 1 N–H and O–H groups in total. The lowest BCUT2D eigenvalue weighted by Crippen LogP contribution is -2.55. The van der Waals surface area contributed by atoms with Gasteiger partial charge in [0.05, 0.1) is 17.0 Å². The molecule has 2 saturated heterocycles. The largest absolute Gasteiger partial charge is 0.497 e. The third-order valence-corrected chi connectivity index (χ3v) is 7.93. The first kappa shape index (κ1) is 24.6. The fourth-order valence-electron chi connectivity index (χ4n) is 4.79. The summed E-state index contributed by atoms with van der Waals surface area (Å²) in [4.78, 5) is 20.0. The van der Waals surface area contributed by atoms with E-state index in [2.05, 4.69) is 15.2 Å². The van der Waals surface area contributed by atoms with E-state index in [1.54, 1.807) is 51.3 Å². The van der Waals surface area contributed by atoms with Crippen LogP contribution in [0.4, 0.5) is 5.82 Å². The van der Waals surface area contributed by atoms with E-state index in [-0.39, 0.29) is 28.9 Å². The number of hydrogen-bond donors (Lipinski definition) is 1. The molecule has 0 unspecified atom stereocenters. The second kappa shape index (κ2) is 9.26. The normalized spacial score (nSPS) is 22.4. The molecule has 0 spiro atoms. The average Bonchev–Trinajstić information content (AvgIpc) is 3.04. The van der Waals surface area contributed by atoms with E-state index < -0.39 is 15.4 Å². The molecule has 3 atom stereocenters. The summed E-state index contributed by atoms with van der Waals surface area (Å²) in [5.74, 6) is 1.61. The van der Waals surface area contributed by atoms with Crippen molar-refractivity contribution in [3.63, 3.8) is 0 Å². The van der Waals surface area contributed by atoms with Gasteiger partial charge >= 0.3 is 0 Å². The topological polar surface area (TPSA) is 97.8 Å². The molecule has 0 saturated carbocycles. The van der Waals surface area contributed by atoms with Gasteiger partial charge in [0.2, 0.25) is 0 Å². The Bertz CT molecular complexity index is 1160. The number of benzene rings is 1. The molecule has 1 aromatic carbocycles. The number of fused-ring (bicyclic) bond motifs is 2. The molecule has 3 heterocycles. The maximum absolute atomic E-state index is 13.1. The van der Waals surface area contributed by atoms with Gasteiger partial charge in [0, 0.05) is 36.6 Å². The zero-order valence-corrected chi connectivity index (χ0v) is 21.3. The number of nitrogens with zero attached hydrogens (tertiary/aromatic N) is 2. The van der Waals surface area contributed by atoms with Crippen LogP contribution in [0.15, 0.2) is 41.4 Å². The Morgan fingerprint density at radius 3 is 2.38 bits per heavy atom. The highest BCUT2D eigenvalue weighted by molar-refractivity contribution is 7.90. The van der Waals surface area contributed by atoms with Gasteiger partial charge in [0.1, 0.15) is 17.3 Å². The quantitative estimate of drug-likeness (QED) is 0.611. The molecule has 2 bridgehead atoms. The monoisotopic (exact) mass is 507 g/mol. The molecule has 4 rings (SSSR count). The highest BCUT2D eigenvalue weighted by Gasteiger charge is 2.43. The lowest BCUT2D eigenvalue weighted by Gasteiger charge is -2.40. The average molecular weight is 508 g/mol. The van der Waals surface area contributed by atoms with Crippen LogP contribution in [0.2, 0.25) is 5.02 Å². The zero-order valence-electron chi connectivity index (χ0n) is 19.7. The molecule has 184 valence electrons. The molecule has 1 amide bonds. The second-order valence-corrected chi connectivity index (χ2v) is 11.9. The first-order valence-electron chi connectivity index (χ1n) is 11.3. The summed E-state index contributed by atoms with van der Waals surface area (Å²) in [6.07, 6.45) is 6.19. The van der Waals surface area contributed by atoms with Gasteiger partial charge in [-0.1, -0.05) is 11.6 Å². The molecule has 0 radical (unpaired) electrons. The minimum absolute atomic E-state index is 0.0192. The van der Waals surface area contributed by atoms with E-state index in [9.17, 15) is 13.2 Å². The molecule has 2 fully saturated rings. The van der Waals surface area contributed by atoms with Crippen molar-refractivity contribution in [3.8, 4) is 11.5 Å². The number of piperidine rings is 1. The number of aromatic nitrogens is 1. The predicted molar refractivity (Wildman–Crippen MR) is 131 cm³/mol. The zero-order chi connectivity index (χ0) is 24.7. The molecule has 0 aliphatic carbocycles. The number of ether oxygens (including phenoxy) is 2. The number of anilines is 1. The number of nitrogens with one attached hydrogen (secondary N) is 1. The van der Waals surface area contributed by atoms with Crippen LogP contribution in [-0.4, -0.2) is 56.4 Å². The van der Waals surface area contributed by atoms with Crippen LogP contribution < -0.4 is 19.7 Å².